The summed E-state index contributed by atoms with van der Waals surface area (Å²) in [6, 6.07) is 8.73. The molecule has 2 nitrogen and oxygen atoms in total. The van der Waals surface area contributed by atoms with Crippen LogP contribution in [0, 0.1) is 0 Å². The number of rotatable bonds is 8. The minimum Gasteiger partial charge on any atom is -0.228 e. The van der Waals surface area contributed by atoms with E-state index >= 15 is 0 Å². The van der Waals surface area contributed by atoms with Crippen molar-refractivity contribution >= 4 is 31.4 Å². The Kier molecular flexibility index (Phi) is 8.35. The Morgan fingerprint density at radius 2 is 1.23 bits per heavy atom. The molecule has 0 unspecified atom stereocenters. The fourth-order valence-electron chi connectivity index (χ4n) is 2.26. The Bertz CT molecular complexity index is 948. The van der Waals surface area contributed by atoms with Gasteiger partial charge in [-0.25, -0.2) is 8.42 Å². The number of alkyl halides is 6. The average Bonchev–Trinajstić information content (AvgIpc) is 2.63. The molecule has 2 aromatic rings. The molecule has 0 fully saturated rings. The lowest BCUT2D eigenvalue weighted by molar-refractivity contribution is -0.138. The SMILES string of the molecule is O=S(=O)(CC=CSSCc1ccc(C(F)(F)F)cc1)Cc1ccc(C(F)(F)F)cc1. The maximum Gasteiger partial charge on any atom is 0.416 e. The van der Waals surface area contributed by atoms with Crippen molar-refractivity contribution in [1.29, 1.82) is 0 Å². The highest BCUT2D eigenvalue weighted by Gasteiger charge is 2.30. The van der Waals surface area contributed by atoms with Crippen molar-refractivity contribution in [3.05, 3.63) is 82.3 Å². The second kappa shape index (κ2) is 10.1. The van der Waals surface area contributed by atoms with Gasteiger partial charge < -0.3 is 0 Å². The van der Waals surface area contributed by atoms with E-state index in [9.17, 15) is 34.8 Å². The molecule has 0 aliphatic carbocycles. The first-order chi connectivity index (χ1) is 13.9. The van der Waals surface area contributed by atoms with Crippen LogP contribution in [0.5, 0.6) is 0 Å². The second-order valence-electron chi connectivity index (χ2n) is 6.17. The van der Waals surface area contributed by atoms with Crippen LogP contribution < -0.4 is 0 Å². The standard InChI is InChI=1S/C19H16F6O2S3/c20-18(21,22)16-6-2-14(3-7-16)12-29-28-10-1-11-30(26,27)13-15-4-8-17(9-5-15)19(23,24)25/h1-10H,11-13H2. The van der Waals surface area contributed by atoms with E-state index in [1.54, 1.807) is 5.41 Å². The zero-order valence-electron chi connectivity index (χ0n) is 15.2. The maximum absolute atomic E-state index is 12.5. The lowest BCUT2D eigenvalue weighted by Crippen LogP contribution is -2.08. The van der Waals surface area contributed by atoms with Gasteiger partial charge in [0.05, 0.1) is 22.6 Å². The van der Waals surface area contributed by atoms with Crippen LogP contribution in [-0.2, 0) is 33.7 Å². The fourth-order valence-corrected chi connectivity index (χ4v) is 5.32. The predicted octanol–water partition coefficient (Wildman–Crippen LogP) is 6.73. The zero-order chi connectivity index (χ0) is 22.4. The summed E-state index contributed by atoms with van der Waals surface area (Å²) in [5, 5.41) is 1.55. The fraction of sp³-hybridized carbons (Fsp3) is 0.263. The van der Waals surface area contributed by atoms with E-state index in [-0.39, 0.29) is 17.1 Å². The molecule has 0 saturated heterocycles. The minimum atomic E-state index is -4.48. The first kappa shape index (κ1) is 24.7. The summed E-state index contributed by atoms with van der Waals surface area (Å²) < 4.78 is 99.2. The van der Waals surface area contributed by atoms with E-state index in [2.05, 4.69) is 0 Å². The van der Waals surface area contributed by atoms with Crippen molar-refractivity contribution < 1.29 is 34.8 Å². The minimum absolute atomic E-state index is 0.265. The average molecular weight is 487 g/mol. The Hall–Kier alpha value is -1.59. The Balaban J connectivity index is 1.76. The van der Waals surface area contributed by atoms with Crippen LogP contribution >= 0.6 is 21.6 Å². The third kappa shape index (κ3) is 8.27. The summed E-state index contributed by atoms with van der Waals surface area (Å²) in [5.41, 5.74) is -0.600. The summed E-state index contributed by atoms with van der Waals surface area (Å²) in [6.07, 6.45) is -7.44. The van der Waals surface area contributed by atoms with Crippen LogP contribution in [0.15, 0.2) is 60.0 Å². The van der Waals surface area contributed by atoms with Crippen LogP contribution in [0.4, 0.5) is 26.3 Å². The molecule has 0 aliphatic rings. The van der Waals surface area contributed by atoms with E-state index in [0.29, 0.717) is 11.3 Å². The summed E-state index contributed by atoms with van der Waals surface area (Å²) in [5.74, 6) is -0.216. The predicted molar refractivity (Wildman–Crippen MR) is 108 cm³/mol. The number of halogens is 6. The quantitative estimate of drug-likeness (QED) is 0.235. The zero-order valence-corrected chi connectivity index (χ0v) is 17.7. The highest BCUT2D eigenvalue weighted by Crippen LogP contribution is 2.32. The first-order valence-electron chi connectivity index (χ1n) is 8.33. The van der Waals surface area contributed by atoms with Gasteiger partial charge in [0.2, 0.25) is 0 Å². The molecule has 0 bridgehead atoms. The lowest BCUT2D eigenvalue weighted by Gasteiger charge is -2.07. The number of hydrogen-bond acceptors (Lipinski definition) is 4. The molecule has 0 atom stereocenters. The van der Waals surface area contributed by atoms with Gasteiger partial charge in [0, 0.05) is 5.75 Å². The normalized spacial score (nSPS) is 13.1. The topological polar surface area (TPSA) is 34.1 Å². The van der Waals surface area contributed by atoms with E-state index in [4.69, 9.17) is 0 Å². The largest absolute Gasteiger partial charge is 0.416 e. The summed E-state index contributed by atoms with van der Waals surface area (Å²) in [4.78, 5) is 0. The van der Waals surface area contributed by atoms with Crippen LogP contribution in [0.2, 0.25) is 0 Å². The molecule has 0 heterocycles. The molecular formula is C19H16F6O2S3. The molecule has 2 rings (SSSR count). The molecule has 0 aromatic heterocycles. The lowest BCUT2D eigenvalue weighted by atomic mass is 10.1. The van der Waals surface area contributed by atoms with Gasteiger partial charge in [-0.1, -0.05) is 51.9 Å². The van der Waals surface area contributed by atoms with Gasteiger partial charge in [-0.3, -0.25) is 0 Å². The molecule has 0 aliphatic heterocycles. The van der Waals surface area contributed by atoms with E-state index < -0.39 is 33.3 Å². The molecule has 0 N–H and O–H groups in total. The van der Waals surface area contributed by atoms with Crippen molar-refractivity contribution in [2.24, 2.45) is 0 Å². The highest BCUT2D eigenvalue weighted by atomic mass is 33.1. The Morgan fingerprint density at radius 1 is 0.767 bits per heavy atom. The maximum atomic E-state index is 12.5. The van der Waals surface area contributed by atoms with E-state index in [0.717, 1.165) is 36.4 Å². The van der Waals surface area contributed by atoms with Crippen LogP contribution in [0.3, 0.4) is 0 Å². The van der Waals surface area contributed by atoms with Gasteiger partial charge >= 0.3 is 12.4 Å². The van der Waals surface area contributed by atoms with Gasteiger partial charge in [0.1, 0.15) is 0 Å². The molecule has 30 heavy (non-hydrogen) atoms. The summed E-state index contributed by atoms with van der Waals surface area (Å²) in [6.45, 7) is 0. The number of benzene rings is 2. The smallest absolute Gasteiger partial charge is 0.228 e. The van der Waals surface area contributed by atoms with Gasteiger partial charge in [-0.05, 0) is 40.8 Å². The first-order valence-corrected chi connectivity index (χ1v) is 12.5. The third-order valence-corrected chi connectivity index (χ3v) is 7.20. The van der Waals surface area contributed by atoms with Crippen molar-refractivity contribution in [1.82, 2.24) is 0 Å². The summed E-state index contributed by atoms with van der Waals surface area (Å²) in [7, 11) is -0.979. The van der Waals surface area contributed by atoms with Crippen LogP contribution in [0.1, 0.15) is 22.3 Å². The molecule has 0 radical (unpaired) electrons. The van der Waals surface area contributed by atoms with E-state index in [1.165, 1.54) is 39.8 Å². The van der Waals surface area contributed by atoms with Gasteiger partial charge in [-0.15, -0.1) is 0 Å². The van der Waals surface area contributed by atoms with E-state index in [1.807, 2.05) is 0 Å². The monoisotopic (exact) mass is 486 g/mol. The third-order valence-electron chi connectivity index (χ3n) is 3.74. The molecular weight excluding hydrogens is 470 g/mol. The number of hydrogen-bond donors (Lipinski definition) is 0. The molecule has 0 amide bonds. The van der Waals surface area contributed by atoms with Gasteiger partial charge in [0.25, 0.3) is 0 Å². The summed E-state index contributed by atoms with van der Waals surface area (Å²) >= 11 is 0. The molecule has 0 saturated carbocycles. The highest BCUT2D eigenvalue weighted by molar-refractivity contribution is 8.77. The second-order valence-corrected chi connectivity index (χ2v) is 10.6. The molecule has 0 spiro atoms. The van der Waals surface area contributed by atoms with Gasteiger partial charge in [-0.2, -0.15) is 26.3 Å². The number of sulfone groups is 1. The van der Waals surface area contributed by atoms with Crippen molar-refractivity contribution in [2.75, 3.05) is 5.75 Å². The van der Waals surface area contributed by atoms with Crippen molar-refractivity contribution in [3.63, 3.8) is 0 Å². The van der Waals surface area contributed by atoms with Crippen LogP contribution in [0.25, 0.3) is 0 Å². The van der Waals surface area contributed by atoms with Crippen molar-refractivity contribution in [3.8, 4) is 0 Å². The van der Waals surface area contributed by atoms with Crippen molar-refractivity contribution in [2.45, 2.75) is 23.9 Å². The van der Waals surface area contributed by atoms with Crippen LogP contribution in [-0.4, -0.2) is 14.2 Å². The molecule has 11 heteroatoms. The molecule has 2 aromatic carbocycles. The Labute approximate surface area is 178 Å². The van der Waals surface area contributed by atoms with Gasteiger partial charge in [0.15, 0.2) is 9.84 Å². The molecule has 164 valence electrons. The Morgan fingerprint density at radius 3 is 1.70 bits per heavy atom.